The zero-order chi connectivity index (χ0) is 28.4. The molecule has 3 aromatic rings. The fraction of sp³-hybridized carbons (Fsp3) is 0.333. The molecule has 0 radical (unpaired) electrons. The van der Waals surface area contributed by atoms with Gasteiger partial charge in [0.05, 0.1) is 21.7 Å². The predicted molar refractivity (Wildman–Crippen MR) is 156 cm³/mol. The van der Waals surface area contributed by atoms with E-state index < -0.39 is 17.6 Å². The number of amides is 2. The Kier molecular flexibility index (Phi) is 8.57. The minimum atomic E-state index is -0.880. The summed E-state index contributed by atoms with van der Waals surface area (Å²) in [6.07, 6.45) is 1.03. The standard InChI is InChI=1S/C30H29Cl3FN3O3/c1-18(37-12-10-30(11-13-37)24-16-22(34)7-9-27(24)36-29(39)40-30)14-23(20-4-8-25(32)26(33)15-20)28(38)35-17-19-2-5-21(31)6-3-19/h2-9,15-16,18,23H,10-14,17H2,1H3,(H,35,38)(H,36,39). The molecule has 0 saturated carbocycles. The van der Waals surface area contributed by atoms with E-state index in [1.54, 1.807) is 30.3 Å². The van der Waals surface area contributed by atoms with Gasteiger partial charge in [0.2, 0.25) is 5.91 Å². The van der Waals surface area contributed by atoms with Gasteiger partial charge in [-0.3, -0.25) is 10.1 Å². The Bertz CT molecular complexity index is 1410. The number of benzene rings is 3. The molecule has 1 spiro atoms. The molecule has 0 bridgehead atoms. The fourth-order valence-electron chi connectivity index (χ4n) is 5.60. The van der Waals surface area contributed by atoms with Crippen LogP contribution in [-0.4, -0.2) is 36.0 Å². The van der Waals surface area contributed by atoms with Crippen LogP contribution in [0.15, 0.2) is 60.7 Å². The Morgan fingerprint density at radius 2 is 1.77 bits per heavy atom. The average Bonchev–Trinajstić information content (AvgIpc) is 2.93. The minimum absolute atomic E-state index is 0.0162. The molecule has 2 unspecified atom stereocenters. The van der Waals surface area contributed by atoms with E-state index in [1.807, 2.05) is 18.2 Å². The number of likely N-dealkylation sites (tertiary alicyclic amines) is 1. The van der Waals surface area contributed by atoms with Crippen molar-refractivity contribution >= 4 is 52.5 Å². The Morgan fingerprint density at radius 3 is 2.48 bits per heavy atom. The topological polar surface area (TPSA) is 70.7 Å². The smallest absolute Gasteiger partial charge is 0.412 e. The molecule has 210 valence electrons. The van der Waals surface area contributed by atoms with Crippen molar-refractivity contribution in [2.45, 2.75) is 50.3 Å². The molecule has 5 rings (SSSR count). The monoisotopic (exact) mass is 603 g/mol. The predicted octanol–water partition coefficient (Wildman–Crippen LogP) is 7.52. The van der Waals surface area contributed by atoms with Crippen LogP contribution in [0.4, 0.5) is 14.9 Å². The number of rotatable bonds is 7. The molecule has 0 aliphatic carbocycles. The van der Waals surface area contributed by atoms with Crippen molar-refractivity contribution in [3.63, 3.8) is 0 Å². The summed E-state index contributed by atoms with van der Waals surface area (Å²) in [5, 5.41) is 7.17. The third-order valence-electron chi connectivity index (χ3n) is 7.85. The van der Waals surface area contributed by atoms with Crippen molar-refractivity contribution in [1.82, 2.24) is 10.2 Å². The number of fused-ring (bicyclic) bond motifs is 2. The highest BCUT2D eigenvalue weighted by molar-refractivity contribution is 6.42. The Labute approximate surface area is 247 Å². The van der Waals surface area contributed by atoms with Gasteiger partial charge in [0.1, 0.15) is 11.4 Å². The number of hydrogen-bond acceptors (Lipinski definition) is 4. The van der Waals surface area contributed by atoms with E-state index >= 15 is 0 Å². The molecule has 0 aromatic heterocycles. The molecule has 6 nitrogen and oxygen atoms in total. The molecule has 2 N–H and O–H groups in total. The molecule has 1 fully saturated rings. The van der Waals surface area contributed by atoms with Crippen LogP contribution in [0.5, 0.6) is 0 Å². The van der Waals surface area contributed by atoms with E-state index in [2.05, 4.69) is 22.5 Å². The Balaban J connectivity index is 1.30. The van der Waals surface area contributed by atoms with E-state index in [0.29, 0.717) is 65.2 Å². The summed E-state index contributed by atoms with van der Waals surface area (Å²) in [6.45, 7) is 3.68. The first-order valence-corrected chi connectivity index (χ1v) is 14.3. The molecular weight excluding hydrogens is 576 g/mol. The number of nitrogens with one attached hydrogen (secondary N) is 2. The van der Waals surface area contributed by atoms with Crippen LogP contribution in [0.2, 0.25) is 15.1 Å². The number of nitrogens with zero attached hydrogens (tertiary/aromatic N) is 1. The second-order valence-electron chi connectivity index (χ2n) is 10.4. The lowest BCUT2D eigenvalue weighted by molar-refractivity contribution is -0.123. The Hall–Kier alpha value is -2.84. The molecule has 40 heavy (non-hydrogen) atoms. The van der Waals surface area contributed by atoms with E-state index in [-0.39, 0.29) is 17.8 Å². The highest BCUT2D eigenvalue weighted by Gasteiger charge is 2.45. The van der Waals surface area contributed by atoms with Crippen molar-refractivity contribution in [1.29, 1.82) is 0 Å². The van der Waals surface area contributed by atoms with Crippen molar-refractivity contribution in [3.05, 3.63) is 98.2 Å². The van der Waals surface area contributed by atoms with Gasteiger partial charge >= 0.3 is 6.09 Å². The molecule has 10 heteroatoms. The van der Waals surface area contributed by atoms with Gasteiger partial charge in [0, 0.05) is 49.1 Å². The summed E-state index contributed by atoms with van der Waals surface area (Å²) >= 11 is 18.5. The minimum Gasteiger partial charge on any atom is -0.438 e. The lowest BCUT2D eigenvalue weighted by Crippen LogP contribution is -2.50. The van der Waals surface area contributed by atoms with Crippen molar-refractivity contribution in [2.24, 2.45) is 0 Å². The van der Waals surface area contributed by atoms with Crippen LogP contribution in [0, 0.1) is 5.82 Å². The zero-order valence-electron chi connectivity index (χ0n) is 21.9. The van der Waals surface area contributed by atoms with Gasteiger partial charge in [-0.15, -0.1) is 0 Å². The van der Waals surface area contributed by atoms with E-state index in [4.69, 9.17) is 39.5 Å². The first-order chi connectivity index (χ1) is 19.1. The summed E-state index contributed by atoms with van der Waals surface area (Å²) < 4.78 is 19.9. The first-order valence-electron chi connectivity index (χ1n) is 13.1. The number of carbonyl (C=O) groups excluding carboxylic acids is 2. The molecule has 2 atom stereocenters. The van der Waals surface area contributed by atoms with Crippen molar-refractivity contribution in [2.75, 3.05) is 18.4 Å². The fourth-order valence-corrected chi connectivity index (χ4v) is 6.03. The normalized spacial score (nSPS) is 17.9. The van der Waals surface area contributed by atoms with Gasteiger partial charge in [-0.05, 0) is 66.9 Å². The average molecular weight is 605 g/mol. The van der Waals surface area contributed by atoms with Crippen LogP contribution in [0.1, 0.15) is 48.8 Å². The first kappa shape index (κ1) is 28.7. The number of anilines is 1. The molecule has 2 aliphatic heterocycles. The summed E-state index contributed by atoms with van der Waals surface area (Å²) in [4.78, 5) is 28.1. The van der Waals surface area contributed by atoms with Crippen LogP contribution >= 0.6 is 34.8 Å². The summed E-state index contributed by atoms with van der Waals surface area (Å²) in [7, 11) is 0. The molecule has 2 amide bonds. The maximum absolute atomic E-state index is 14.1. The van der Waals surface area contributed by atoms with Gasteiger partial charge in [-0.2, -0.15) is 0 Å². The lowest BCUT2D eigenvalue weighted by Gasteiger charge is -2.46. The van der Waals surface area contributed by atoms with Crippen molar-refractivity contribution in [3.8, 4) is 0 Å². The summed E-state index contributed by atoms with van der Waals surface area (Å²) in [6, 6.07) is 17.0. The van der Waals surface area contributed by atoms with E-state index in [9.17, 15) is 14.0 Å². The SMILES string of the molecule is CC(CC(C(=O)NCc1ccc(Cl)cc1)c1ccc(Cl)c(Cl)c1)N1CCC2(CC1)OC(=O)Nc1ccc(F)cc12. The van der Waals surface area contributed by atoms with Crippen LogP contribution in [0.3, 0.4) is 0 Å². The second-order valence-corrected chi connectivity index (χ2v) is 11.6. The number of ether oxygens (including phenoxy) is 1. The van der Waals surface area contributed by atoms with Gasteiger partial charge in [-0.25, -0.2) is 9.18 Å². The summed E-state index contributed by atoms with van der Waals surface area (Å²) in [5.41, 5.74) is 2.08. The van der Waals surface area contributed by atoms with Crippen LogP contribution in [-0.2, 0) is 21.7 Å². The molecule has 1 saturated heterocycles. The van der Waals surface area contributed by atoms with Crippen LogP contribution < -0.4 is 10.6 Å². The zero-order valence-corrected chi connectivity index (χ0v) is 24.1. The quantitative estimate of drug-likeness (QED) is 0.293. The highest BCUT2D eigenvalue weighted by Crippen LogP contribution is 2.44. The second kappa shape index (κ2) is 12.0. The molecule has 2 heterocycles. The molecule has 2 aliphatic rings. The van der Waals surface area contributed by atoms with Crippen molar-refractivity contribution < 1.29 is 18.7 Å². The highest BCUT2D eigenvalue weighted by atomic mass is 35.5. The number of piperidine rings is 1. The maximum Gasteiger partial charge on any atom is 0.412 e. The number of carbonyl (C=O) groups is 2. The molecular formula is C30H29Cl3FN3O3. The lowest BCUT2D eigenvalue weighted by atomic mass is 9.81. The van der Waals surface area contributed by atoms with Gasteiger partial charge < -0.3 is 15.0 Å². The molecule has 3 aromatic carbocycles. The van der Waals surface area contributed by atoms with Gasteiger partial charge in [0.25, 0.3) is 0 Å². The van der Waals surface area contributed by atoms with Gasteiger partial charge in [0.15, 0.2) is 0 Å². The Morgan fingerprint density at radius 1 is 1.05 bits per heavy atom. The number of halogens is 4. The van der Waals surface area contributed by atoms with Crippen LogP contribution in [0.25, 0.3) is 0 Å². The van der Waals surface area contributed by atoms with E-state index in [0.717, 1.165) is 11.1 Å². The maximum atomic E-state index is 14.1. The third kappa shape index (κ3) is 6.23. The third-order valence-corrected chi connectivity index (χ3v) is 8.84. The van der Waals surface area contributed by atoms with E-state index in [1.165, 1.54) is 12.1 Å². The van der Waals surface area contributed by atoms with Gasteiger partial charge in [-0.1, -0.05) is 53.0 Å². The summed E-state index contributed by atoms with van der Waals surface area (Å²) in [5.74, 6) is -0.965. The largest absolute Gasteiger partial charge is 0.438 e. The number of hydrogen-bond donors (Lipinski definition) is 2.